The summed E-state index contributed by atoms with van der Waals surface area (Å²) in [5.74, 6) is -0.309. The minimum absolute atomic E-state index is 0.309. The Kier molecular flexibility index (Phi) is 3.47. The van der Waals surface area contributed by atoms with Gasteiger partial charge in [-0.1, -0.05) is 12.1 Å². The molecule has 1 rings (SSSR count). The van der Waals surface area contributed by atoms with Gasteiger partial charge in [0, 0.05) is 7.11 Å². The lowest BCUT2D eigenvalue weighted by Gasteiger charge is -2.29. The van der Waals surface area contributed by atoms with Crippen LogP contribution < -0.4 is 0 Å². The third kappa shape index (κ3) is 2.36. The van der Waals surface area contributed by atoms with E-state index >= 15 is 0 Å². The van der Waals surface area contributed by atoms with Crippen molar-refractivity contribution in [2.24, 2.45) is 0 Å². The van der Waals surface area contributed by atoms with E-state index in [-0.39, 0.29) is 11.9 Å². The normalized spacial score (nSPS) is 17.2. The number of rotatable bonds is 3. The van der Waals surface area contributed by atoms with Gasteiger partial charge in [0.1, 0.15) is 11.4 Å². The fourth-order valence-electron chi connectivity index (χ4n) is 1.37. The van der Waals surface area contributed by atoms with Crippen LogP contribution in [0.3, 0.4) is 0 Å². The fourth-order valence-corrected chi connectivity index (χ4v) is 1.37. The number of hydrogen-bond donors (Lipinski definition) is 1. The Hall–Kier alpha value is -0.930. The highest BCUT2D eigenvalue weighted by atomic mass is 19.1. The molecule has 1 N–H and O–H groups in total. The van der Waals surface area contributed by atoms with Gasteiger partial charge in [0.15, 0.2) is 0 Å². The second kappa shape index (κ2) is 4.29. The van der Waals surface area contributed by atoms with Gasteiger partial charge < -0.3 is 9.84 Å². The average molecular weight is 212 g/mol. The molecule has 0 amide bonds. The van der Waals surface area contributed by atoms with Crippen molar-refractivity contribution in [2.45, 2.75) is 32.5 Å². The number of ether oxygens (including phenoxy) is 1. The summed E-state index contributed by atoms with van der Waals surface area (Å²) in [7, 11) is 1.52. The summed E-state index contributed by atoms with van der Waals surface area (Å²) in [5, 5.41) is 10.2. The maximum absolute atomic E-state index is 13.3. The van der Waals surface area contributed by atoms with Gasteiger partial charge in [0.25, 0.3) is 0 Å². The topological polar surface area (TPSA) is 29.5 Å². The monoisotopic (exact) mass is 212 g/mol. The lowest BCUT2D eigenvalue weighted by Crippen LogP contribution is -2.35. The molecule has 2 nitrogen and oxygen atoms in total. The lowest BCUT2D eigenvalue weighted by molar-refractivity contribution is -0.0773. The highest BCUT2D eigenvalue weighted by Crippen LogP contribution is 2.27. The van der Waals surface area contributed by atoms with E-state index < -0.39 is 5.60 Å². The highest BCUT2D eigenvalue weighted by molar-refractivity contribution is 5.28. The van der Waals surface area contributed by atoms with Crippen LogP contribution in [0.1, 0.15) is 25.0 Å². The molecule has 1 aromatic rings. The van der Waals surface area contributed by atoms with Crippen molar-refractivity contribution >= 4 is 0 Å². The molecule has 0 saturated carbocycles. The smallest absolute Gasteiger partial charge is 0.126 e. The number of hydrogen-bond acceptors (Lipinski definition) is 2. The molecule has 0 saturated heterocycles. The van der Waals surface area contributed by atoms with Gasteiger partial charge in [-0.3, -0.25) is 0 Å². The average Bonchev–Trinajstić information content (AvgIpc) is 2.20. The van der Waals surface area contributed by atoms with Crippen LogP contribution in [-0.2, 0) is 10.3 Å². The zero-order chi connectivity index (χ0) is 11.6. The molecule has 1 aromatic carbocycles. The van der Waals surface area contributed by atoms with Gasteiger partial charge in [0.2, 0.25) is 0 Å². The second-order valence-electron chi connectivity index (χ2n) is 3.99. The summed E-state index contributed by atoms with van der Waals surface area (Å²) in [6, 6.07) is 4.72. The van der Waals surface area contributed by atoms with Crippen molar-refractivity contribution in [3.63, 3.8) is 0 Å². The van der Waals surface area contributed by atoms with Crippen LogP contribution in [0.25, 0.3) is 0 Å². The van der Waals surface area contributed by atoms with Crippen LogP contribution in [0, 0.1) is 12.7 Å². The standard InChI is InChI=1S/C12H17FO2/c1-8-5-6-10(7-11(8)13)12(3,14)9(2)15-4/h5-7,9,14H,1-4H3. The summed E-state index contributed by atoms with van der Waals surface area (Å²) in [6.07, 6.45) is -0.389. The Balaban J connectivity index is 3.10. The molecule has 2 atom stereocenters. The Morgan fingerprint density at radius 2 is 2.07 bits per heavy atom. The summed E-state index contributed by atoms with van der Waals surface area (Å²) < 4.78 is 18.4. The molecule has 0 bridgehead atoms. The summed E-state index contributed by atoms with van der Waals surface area (Å²) in [4.78, 5) is 0. The van der Waals surface area contributed by atoms with E-state index in [0.29, 0.717) is 11.1 Å². The van der Waals surface area contributed by atoms with Crippen molar-refractivity contribution in [2.75, 3.05) is 7.11 Å². The van der Waals surface area contributed by atoms with Crippen molar-refractivity contribution in [1.29, 1.82) is 0 Å². The Morgan fingerprint density at radius 1 is 1.47 bits per heavy atom. The van der Waals surface area contributed by atoms with E-state index in [0.717, 1.165) is 0 Å². The molecule has 0 aromatic heterocycles. The van der Waals surface area contributed by atoms with Crippen molar-refractivity contribution < 1.29 is 14.2 Å². The minimum atomic E-state index is -1.18. The summed E-state index contributed by atoms with van der Waals surface area (Å²) >= 11 is 0. The van der Waals surface area contributed by atoms with Crippen LogP contribution in [0.2, 0.25) is 0 Å². The van der Waals surface area contributed by atoms with Gasteiger partial charge in [-0.2, -0.15) is 0 Å². The molecule has 0 radical (unpaired) electrons. The van der Waals surface area contributed by atoms with E-state index in [4.69, 9.17) is 4.74 Å². The number of halogens is 1. The summed E-state index contributed by atoms with van der Waals surface area (Å²) in [5.41, 5.74) is -0.0805. The number of benzene rings is 1. The van der Waals surface area contributed by atoms with Gasteiger partial charge in [-0.15, -0.1) is 0 Å². The van der Waals surface area contributed by atoms with Gasteiger partial charge in [-0.05, 0) is 38.0 Å². The van der Waals surface area contributed by atoms with Crippen LogP contribution in [0.4, 0.5) is 4.39 Å². The zero-order valence-corrected chi connectivity index (χ0v) is 9.54. The first kappa shape index (κ1) is 12.1. The van der Waals surface area contributed by atoms with Crippen LogP contribution in [-0.4, -0.2) is 18.3 Å². The first-order chi connectivity index (χ1) is 6.89. The SMILES string of the molecule is COC(C)C(C)(O)c1ccc(C)c(F)c1. The van der Waals surface area contributed by atoms with Crippen molar-refractivity contribution in [3.8, 4) is 0 Å². The molecule has 0 aliphatic heterocycles. The quantitative estimate of drug-likeness (QED) is 0.833. The highest BCUT2D eigenvalue weighted by Gasteiger charge is 2.30. The van der Waals surface area contributed by atoms with Crippen LogP contribution >= 0.6 is 0 Å². The van der Waals surface area contributed by atoms with E-state index in [9.17, 15) is 9.50 Å². The molecule has 84 valence electrons. The third-order valence-corrected chi connectivity index (χ3v) is 2.90. The molecule has 0 fully saturated rings. The molecule has 0 heterocycles. The van der Waals surface area contributed by atoms with Gasteiger partial charge in [-0.25, -0.2) is 4.39 Å². The van der Waals surface area contributed by atoms with Crippen molar-refractivity contribution in [1.82, 2.24) is 0 Å². The zero-order valence-electron chi connectivity index (χ0n) is 9.54. The maximum atomic E-state index is 13.3. The Morgan fingerprint density at radius 3 is 2.53 bits per heavy atom. The Bertz CT molecular complexity index is 347. The van der Waals surface area contributed by atoms with Crippen LogP contribution in [0.5, 0.6) is 0 Å². The molecule has 2 unspecified atom stereocenters. The predicted molar refractivity (Wildman–Crippen MR) is 57.2 cm³/mol. The second-order valence-corrected chi connectivity index (χ2v) is 3.99. The van der Waals surface area contributed by atoms with E-state index in [2.05, 4.69) is 0 Å². The molecule has 15 heavy (non-hydrogen) atoms. The largest absolute Gasteiger partial charge is 0.383 e. The predicted octanol–water partition coefficient (Wildman–Crippen LogP) is 2.38. The number of methoxy groups -OCH3 is 1. The molecule has 3 heteroatoms. The van der Waals surface area contributed by atoms with Crippen LogP contribution in [0.15, 0.2) is 18.2 Å². The number of aliphatic hydroxyl groups is 1. The Labute approximate surface area is 89.7 Å². The fraction of sp³-hybridized carbons (Fsp3) is 0.500. The molecule has 0 aliphatic carbocycles. The third-order valence-electron chi connectivity index (χ3n) is 2.90. The van der Waals surface area contributed by atoms with E-state index in [1.807, 2.05) is 0 Å². The lowest BCUT2D eigenvalue weighted by atomic mass is 9.90. The first-order valence-corrected chi connectivity index (χ1v) is 4.91. The van der Waals surface area contributed by atoms with E-state index in [1.54, 1.807) is 32.9 Å². The minimum Gasteiger partial charge on any atom is -0.383 e. The maximum Gasteiger partial charge on any atom is 0.126 e. The first-order valence-electron chi connectivity index (χ1n) is 4.91. The molecule has 0 aliphatic rings. The summed E-state index contributed by atoms with van der Waals surface area (Å²) in [6.45, 7) is 5.05. The van der Waals surface area contributed by atoms with Crippen molar-refractivity contribution in [3.05, 3.63) is 35.1 Å². The van der Waals surface area contributed by atoms with Gasteiger partial charge >= 0.3 is 0 Å². The molecule has 0 spiro atoms. The molecular weight excluding hydrogens is 195 g/mol. The van der Waals surface area contributed by atoms with Gasteiger partial charge in [0.05, 0.1) is 6.10 Å². The number of aryl methyl sites for hydroxylation is 1. The molecular formula is C12H17FO2. The van der Waals surface area contributed by atoms with E-state index in [1.165, 1.54) is 13.2 Å².